The fraction of sp³-hybridized carbons (Fsp3) is 0.238. The molecule has 0 amide bonds. The molecule has 0 aliphatic carbocycles. The number of carbonyl (C=O) groups excluding carboxylic acids is 1. The van der Waals surface area contributed by atoms with Gasteiger partial charge in [0.1, 0.15) is 12.0 Å². The van der Waals surface area contributed by atoms with Crippen LogP contribution in [0, 0.1) is 0 Å². The van der Waals surface area contributed by atoms with Crippen LogP contribution in [0.1, 0.15) is 41.8 Å². The third-order valence-electron chi connectivity index (χ3n) is 4.53. The van der Waals surface area contributed by atoms with Crippen LogP contribution < -0.4 is 0 Å². The van der Waals surface area contributed by atoms with E-state index in [1.807, 2.05) is 43.8 Å². The highest BCUT2D eigenvalue weighted by Crippen LogP contribution is 2.24. The molecule has 0 N–H and O–H groups in total. The van der Waals surface area contributed by atoms with Crippen LogP contribution in [0.15, 0.2) is 53.7 Å². The molecule has 4 rings (SSSR count). The number of oxazole rings is 1. The zero-order valence-electron chi connectivity index (χ0n) is 15.5. The topological polar surface area (TPSA) is 73.8 Å². The van der Waals surface area contributed by atoms with Gasteiger partial charge >= 0.3 is 0 Å². The maximum absolute atomic E-state index is 12.5. The Kier molecular flexibility index (Phi) is 4.32. The first kappa shape index (κ1) is 17.1. The van der Waals surface area contributed by atoms with Gasteiger partial charge in [0.05, 0.1) is 24.6 Å². The first-order valence-electron chi connectivity index (χ1n) is 8.85. The van der Waals surface area contributed by atoms with Crippen LogP contribution in [0.2, 0.25) is 0 Å². The van der Waals surface area contributed by atoms with Gasteiger partial charge in [-0.3, -0.25) is 9.78 Å². The Labute approximate surface area is 156 Å². The van der Waals surface area contributed by atoms with Gasteiger partial charge in [-0.25, -0.2) is 9.97 Å². The molecular weight excluding hydrogens is 340 g/mol. The van der Waals surface area contributed by atoms with E-state index in [1.165, 1.54) is 6.26 Å². The molecule has 0 atom stereocenters. The number of nitrogens with zero attached hydrogens (tertiary/aromatic N) is 4. The van der Waals surface area contributed by atoms with E-state index in [0.717, 1.165) is 22.0 Å². The summed E-state index contributed by atoms with van der Waals surface area (Å²) >= 11 is 0. The second-order valence-corrected chi connectivity index (χ2v) is 6.95. The molecule has 6 nitrogen and oxygen atoms in total. The van der Waals surface area contributed by atoms with Gasteiger partial charge in [0.25, 0.3) is 0 Å². The maximum Gasteiger partial charge on any atom is 0.197 e. The monoisotopic (exact) mass is 360 g/mol. The van der Waals surface area contributed by atoms with E-state index in [2.05, 4.69) is 27.1 Å². The van der Waals surface area contributed by atoms with E-state index >= 15 is 0 Å². The van der Waals surface area contributed by atoms with Crippen molar-refractivity contribution in [3.63, 3.8) is 0 Å². The molecule has 0 spiro atoms. The van der Waals surface area contributed by atoms with Gasteiger partial charge in [0.15, 0.2) is 11.7 Å². The van der Waals surface area contributed by atoms with Gasteiger partial charge in [-0.15, -0.1) is 0 Å². The van der Waals surface area contributed by atoms with Gasteiger partial charge in [-0.05, 0) is 17.5 Å². The molecule has 3 aromatic heterocycles. The molecule has 6 heteroatoms. The molecule has 0 radical (unpaired) electrons. The van der Waals surface area contributed by atoms with Crippen LogP contribution in [0.4, 0.5) is 0 Å². The maximum atomic E-state index is 12.5. The molecule has 0 fully saturated rings. The summed E-state index contributed by atoms with van der Waals surface area (Å²) in [6, 6.07) is 8.13. The number of hydrogen-bond donors (Lipinski definition) is 0. The van der Waals surface area contributed by atoms with Crippen LogP contribution in [0.25, 0.3) is 22.0 Å². The predicted molar refractivity (Wildman–Crippen MR) is 103 cm³/mol. The summed E-state index contributed by atoms with van der Waals surface area (Å²) in [5, 5.41) is 2.06. The second-order valence-electron chi connectivity index (χ2n) is 6.95. The minimum absolute atomic E-state index is 0.0970. The highest BCUT2D eigenvalue weighted by molar-refractivity contribution is 5.96. The number of fused-ring (bicyclic) bond motifs is 1. The van der Waals surface area contributed by atoms with E-state index in [-0.39, 0.29) is 18.1 Å². The molecule has 136 valence electrons. The smallest absolute Gasteiger partial charge is 0.197 e. The molecule has 0 aliphatic rings. The van der Waals surface area contributed by atoms with E-state index in [0.29, 0.717) is 17.3 Å². The molecule has 0 saturated carbocycles. The van der Waals surface area contributed by atoms with E-state index in [1.54, 1.807) is 12.5 Å². The number of carbonyl (C=O) groups is 1. The molecule has 0 bridgehead atoms. The van der Waals surface area contributed by atoms with Crippen molar-refractivity contribution in [3.8, 4) is 11.3 Å². The standard InChI is InChI=1S/C21H20N4O2/c1-13(2)21-24-18(11-27-21)20(26)8-17-7-16-6-14(4-5-15(16)9-23-17)19-10-22-12-25(19)3/h4-7,9-13H,8H2,1-3H3. The van der Waals surface area contributed by atoms with Crippen molar-refractivity contribution < 1.29 is 9.21 Å². The molecule has 1 aromatic carbocycles. The highest BCUT2D eigenvalue weighted by atomic mass is 16.3. The lowest BCUT2D eigenvalue weighted by Gasteiger charge is -2.06. The average Bonchev–Trinajstić information content (AvgIpc) is 3.30. The third-order valence-corrected chi connectivity index (χ3v) is 4.53. The fourth-order valence-corrected chi connectivity index (χ4v) is 3.01. The average molecular weight is 360 g/mol. The second kappa shape index (κ2) is 6.79. The quantitative estimate of drug-likeness (QED) is 0.499. The van der Waals surface area contributed by atoms with Crippen molar-refractivity contribution in [1.82, 2.24) is 19.5 Å². The van der Waals surface area contributed by atoms with Gasteiger partial charge < -0.3 is 8.98 Å². The summed E-state index contributed by atoms with van der Waals surface area (Å²) in [6.45, 7) is 3.95. The van der Waals surface area contributed by atoms with Crippen molar-refractivity contribution in [2.45, 2.75) is 26.2 Å². The summed E-state index contributed by atoms with van der Waals surface area (Å²) < 4.78 is 7.34. The number of rotatable bonds is 5. The molecule has 0 unspecified atom stereocenters. The van der Waals surface area contributed by atoms with Crippen molar-refractivity contribution in [3.05, 3.63) is 66.5 Å². The van der Waals surface area contributed by atoms with Crippen LogP contribution in [-0.4, -0.2) is 25.3 Å². The molecule has 3 heterocycles. The van der Waals surface area contributed by atoms with Crippen molar-refractivity contribution in [2.24, 2.45) is 7.05 Å². The van der Waals surface area contributed by atoms with Gasteiger partial charge in [0, 0.05) is 35.8 Å². The minimum atomic E-state index is -0.0970. The molecule has 27 heavy (non-hydrogen) atoms. The summed E-state index contributed by atoms with van der Waals surface area (Å²) in [6.07, 6.45) is 7.03. The zero-order chi connectivity index (χ0) is 19.0. The lowest BCUT2D eigenvalue weighted by atomic mass is 10.0. The number of pyridine rings is 1. The third kappa shape index (κ3) is 3.38. The Balaban J connectivity index is 1.62. The van der Waals surface area contributed by atoms with Crippen molar-refractivity contribution >= 4 is 16.6 Å². The number of hydrogen-bond acceptors (Lipinski definition) is 5. The zero-order valence-corrected chi connectivity index (χ0v) is 15.5. The number of benzene rings is 1. The Morgan fingerprint density at radius 3 is 2.74 bits per heavy atom. The Morgan fingerprint density at radius 2 is 2.04 bits per heavy atom. The summed E-state index contributed by atoms with van der Waals surface area (Å²) in [5.74, 6) is 0.627. The molecule has 4 aromatic rings. The Hall–Kier alpha value is -3.28. The van der Waals surface area contributed by atoms with Gasteiger partial charge in [-0.1, -0.05) is 26.0 Å². The highest BCUT2D eigenvalue weighted by Gasteiger charge is 2.15. The SMILES string of the molecule is CC(C)c1nc(C(=O)Cc2cc3cc(-c4cncn4C)ccc3cn2)co1. The van der Waals surface area contributed by atoms with Crippen LogP contribution >= 0.6 is 0 Å². The van der Waals surface area contributed by atoms with Crippen molar-refractivity contribution in [2.75, 3.05) is 0 Å². The molecule has 0 aliphatic heterocycles. The normalized spacial score (nSPS) is 11.4. The summed E-state index contributed by atoms with van der Waals surface area (Å²) in [4.78, 5) is 25.4. The number of aryl methyl sites for hydroxylation is 1. The van der Waals surface area contributed by atoms with Crippen LogP contribution in [0.5, 0.6) is 0 Å². The minimum Gasteiger partial charge on any atom is -0.448 e. The van der Waals surface area contributed by atoms with Crippen molar-refractivity contribution in [1.29, 1.82) is 0 Å². The predicted octanol–water partition coefficient (Wildman–Crippen LogP) is 4.17. The summed E-state index contributed by atoms with van der Waals surface area (Å²) in [7, 11) is 1.96. The number of ketones is 1. The number of Topliss-reactive ketones (excluding diaryl/α,β-unsaturated/α-hetero) is 1. The summed E-state index contributed by atoms with van der Waals surface area (Å²) in [5.41, 5.74) is 3.17. The Morgan fingerprint density at radius 1 is 1.19 bits per heavy atom. The van der Waals surface area contributed by atoms with E-state index in [9.17, 15) is 4.79 Å². The first-order chi connectivity index (χ1) is 13.0. The van der Waals surface area contributed by atoms with E-state index in [4.69, 9.17) is 4.42 Å². The van der Waals surface area contributed by atoms with Gasteiger partial charge in [0.2, 0.25) is 0 Å². The molecular formula is C21H20N4O2. The number of imidazole rings is 1. The van der Waals surface area contributed by atoms with Crippen LogP contribution in [0.3, 0.4) is 0 Å². The number of aromatic nitrogens is 4. The van der Waals surface area contributed by atoms with Gasteiger partial charge in [-0.2, -0.15) is 0 Å². The van der Waals surface area contributed by atoms with Crippen LogP contribution in [-0.2, 0) is 13.5 Å². The molecule has 0 saturated heterocycles. The first-order valence-corrected chi connectivity index (χ1v) is 8.85. The van der Waals surface area contributed by atoms with E-state index < -0.39 is 0 Å². The lowest BCUT2D eigenvalue weighted by Crippen LogP contribution is -2.06. The largest absolute Gasteiger partial charge is 0.448 e. The fourth-order valence-electron chi connectivity index (χ4n) is 3.01. The Bertz CT molecular complexity index is 1120. The lowest BCUT2D eigenvalue weighted by molar-refractivity contribution is 0.0987.